The summed E-state index contributed by atoms with van der Waals surface area (Å²) >= 11 is 0. The Morgan fingerprint density at radius 2 is 2.00 bits per heavy atom. The average Bonchev–Trinajstić information content (AvgIpc) is 3.19. The zero-order chi connectivity index (χ0) is 14.7. The topological polar surface area (TPSA) is 41.6 Å². The molecule has 22 heavy (non-hydrogen) atoms. The first-order chi connectivity index (χ1) is 10.8. The third-order valence-electron chi connectivity index (χ3n) is 6.85. The number of carbonyl (C=O) groups is 1. The van der Waals surface area contributed by atoms with Gasteiger partial charge >= 0.3 is 5.97 Å². The van der Waals surface area contributed by atoms with Crippen LogP contribution < -0.4 is 5.32 Å². The molecule has 3 heterocycles. The van der Waals surface area contributed by atoms with Crippen LogP contribution in [-0.2, 0) is 9.53 Å². The van der Waals surface area contributed by atoms with Crippen molar-refractivity contribution in [2.24, 2.45) is 0 Å². The fourth-order valence-electron chi connectivity index (χ4n) is 5.95. The summed E-state index contributed by atoms with van der Waals surface area (Å²) in [6.07, 6.45) is 13.0. The van der Waals surface area contributed by atoms with Gasteiger partial charge in [-0.2, -0.15) is 0 Å². The number of hydrogen-bond acceptors (Lipinski definition) is 4. The Hall–Kier alpha value is -0.870. The lowest BCUT2D eigenvalue weighted by Crippen LogP contribution is -2.52. The molecule has 120 valence electrons. The lowest BCUT2D eigenvalue weighted by molar-refractivity contribution is -0.148. The van der Waals surface area contributed by atoms with Crippen molar-refractivity contribution in [3.63, 3.8) is 0 Å². The van der Waals surface area contributed by atoms with Crippen molar-refractivity contribution < 1.29 is 9.53 Å². The summed E-state index contributed by atoms with van der Waals surface area (Å²) in [6.45, 7) is 1.19. The number of esters is 1. The third-order valence-corrected chi connectivity index (χ3v) is 6.85. The highest BCUT2D eigenvalue weighted by molar-refractivity contribution is 5.87. The van der Waals surface area contributed by atoms with Gasteiger partial charge in [-0.15, -0.1) is 0 Å². The third kappa shape index (κ3) is 1.80. The lowest BCUT2D eigenvalue weighted by Gasteiger charge is -2.38. The molecule has 4 nitrogen and oxygen atoms in total. The number of hydrogen-bond donors (Lipinski definition) is 1. The maximum atomic E-state index is 12.0. The second-order valence-electron chi connectivity index (χ2n) is 7.96. The van der Waals surface area contributed by atoms with Crippen molar-refractivity contribution in [1.82, 2.24) is 10.2 Å². The average molecular weight is 302 g/mol. The van der Waals surface area contributed by atoms with Gasteiger partial charge in [-0.25, -0.2) is 4.79 Å². The number of ether oxygens (including phenoxy) is 1. The summed E-state index contributed by atoms with van der Waals surface area (Å²) in [6, 6.07) is 2.22. The predicted octanol–water partition coefficient (Wildman–Crippen LogP) is 2.14. The van der Waals surface area contributed by atoms with Gasteiger partial charge < -0.3 is 10.1 Å². The maximum absolute atomic E-state index is 12.0. The molecule has 1 N–H and O–H groups in total. The van der Waals surface area contributed by atoms with Crippen molar-refractivity contribution >= 4 is 5.97 Å². The molecular weight excluding hydrogens is 276 g/mol. The molecule has 1 spiro atoms. The van der Waals surface area contributed by atoms with Gasteiger partial charge in [0.15, 0.2) is 5.60 Å². The minimum absolute atomic E-state index is 0.0947. The molecule has 3 aliphatic heterocycles. The van der Waals surface area contributed by atoms with Crippen LogP contribution in [0.3, 0.4) is 0 Å². The van der Waals surface area contributed by atoms with E-state index in [0.717, 1.165) is 12.8 Å². The quantitative estimate of drug-likeness (QED) is 0.794. The van der Waals surface area contributed by atoms with E-state index < -0.39 is 0 Å². The van der Waals surface area contributed by atoms with Crippen molar-refractivity contribution in [2.45, 2.75) is 87.6 Å². The molecule has 5 aliphatic rings. The zero-order valence-corrected chi connectivity index (χ0v) is 13.2. The van der Waals surface area contributed by atoms with Gasteiger partial charge in [0, 0.05) is 30.6 Å². The Kier molecular flexibility index (Phi) is 2.97. The molecule has 0 aromatic carbocycles. The van der Waals surface area contributed by atoms with Gasteiger partial charge in [-0.3, -0.25) is 4.90 Å². The first-order valence-electron chi connectivity index (χ1n) is 9.22. The molecule has 0 aromatic heterocycles. The fourth-order valence-corrected chi connectivity index (χ4v) is 5.95. The minimum atomic E-state index is -0.254. The predicted molar refractivity (Wildman–Crippen MR) is 83.5 cm³/mol. The summed E-state index contributed by atoms with van der Waals surface area (Å²) in [5, 5.41) is 3.95. The molecule has 0 radical (unpaired) electrons. The molecule has 2 saturated carbocycles. The summed E-state index contributed by atoms with van der Waals surface area (Å²) in [7, 11) is 0. The molecular formula is C18H26N2O2. The van der Waals surface area contributed by atoms with E-state index in [0.29, 0.717) is 24.2 Å². The van der Waals surface area contributed by atoms with Crippen molar-refractivity contribution in [3.8, 4) is 0 Å². The van der Waals surface area contributed by atoms with E-state index in [1.165, 1.54) is 57.1 Å². The van der Waals surface area contributed by atoms with E-state index in [1.807, 2.05) is 6.08 Å². The highest BCUT2D eigenvalue weighted by atomic mass is 16.6. The molecule has 5 rings (SSSR count). The van der Waals surface area contributed by atoms with E-state index in [2.05, 4.69) is 10.2 Å². The number of fused-ring (bicyclic) bond motifs is 3. The van der Waals surface area contributed by atoms with E-state index in [1.54, 1.807) is 0 Å². The van der Waals surface area contributed by atoms with Crippen LogP contribution in [0.1, 0.15) is 57.8 Å². The summed E-state index contributed by atoms with van der Waals surface area (Å²) in [4.78, 5) is 14.7. The van der Waals surface area contributed by atoms with E-state index in [4.69, 9.17) is 4.74 Å². The Morgan fingerprint density at radius 1 is 1.18 bits per heavy atom. The van der Waals surface area contributed by atoms with Crippen LogP contribution in [0.15, 0.2) is 11.6 Å². The largest absolute Gasteiger partial charge is 0.450 e. The van der Waals surface area contributed by atoms with E-state index in [-0.39, 0.29) is 11.6 Å². The Bertz CT molecular complexity index is 525. The number of piperidine rings is 1. The summed E-state index contributed by atoms with van der Waals surface area (Å²) in [5.41, 5.74) is 1.04. The minimum Gasteiger partial charge on any atom is -0.450 e. The van der Waals surface area contributed by atoms with Crippen molar-refractivity contribution in [1.29, 1.82) is 0 Å². The smallest absolute Gasteiger partial charge is 0.331 e. The van der Waals surface area contributed by atoms with E-state index >= 15 is 0 Å². The first kappa shape index (κ1) is 13.6. The van der Waals surface area contributed by atoms with Gasteiger partial charge in [0.05, 0.1) is 6.04 Å². The van der Waals surface area contributed by atoms with Crippen LogP contribution >= 0.6 is 0 Å². The molecule has 4 heteroatoms. The Labute approximate surface area is 132 Å². The molecule has 0 amide bonds. The molecule has 4 atom stereocenters. The van der Waals surface area contributed by atoms with Gasteiger partial charge in [-0.05, 0) is 44.2 Å². The van der Waals surface area contributed by atoms with Crippen molar-refractivity contribution in [3.05, 3.63) is 11.6 Å². The summed E-state index contributed by atoms with van der Waals surface area (Å²) in [5.74, 6) is -0.0947. The summed E-state index contributed by atoms with van der Waals surface area (Å²) < 4.78 is 5.93. The van der Waals surface area contributed by atoms with Crippen LogP contribution in [0.4, 0.5) is 0 Å². The molecule has 4 fully saturated rings. The standard InChI is InChI=1S/C18H26N2O2/c21-17-10-12-9-14(19-13-5-1-2-6-13)15-11-18(12,22-17)16-7-3-4-8-20(15)16/h10,13-16,19H,1-9,11H2/t14?,15-,16+,18-/m0/s1. The zero-order valence-electron chi connectivity index (χ0n) is 13.2. The molecule has 0 aromatic rings. The monoisotopic (exact) mass is 302 g/mol. The van der Waals surface area contributed by atoms with Gasteiger partial charge in [-0.1, -0.05) is 19.3 Å². The van der Waals surface area contributed by atoms with Crippen LogP contribution in [0.25, 0.3) is 0 Å². The van der Waals surface area contributed by atoms with Crippen LogP contribution in [-0.4, -0.2) is 47.2 Å². The van der Waals surface area contributed by atoms with Gasteiger partial charge in [0.25, 0.3) is 0 Å². The number of rotatable bonds is 2. The molecule has 2 saturated heterocycles. The maximum Gasteiger partial charge on any atom is 0.331 e. The van der Waals surface area contributed by atoms with Crippen LogP contribution in [0, 0.1) is 0 Å². The Morgan fingerprint density at radius 3 is 2.86 bits per heavy atom. The highest BCUT2D eigenvalue weighted by Crippen LogP contribution is 2.54. The number of carbonyl (C=O) groups excluding carboxylic acids is 1. The van der Waals surface area contributed by atoms with Crippen LogP contribution in [0.2, 0.25) is 0 Å². The lowest BCUT2D eigenvalue weighted by atomic mass is 9.75. The first-order valence-corrected chi connectivity index (χ1v) is 9.22. The second-order valence-corrected chi connectivity index (χ2v) is 7.96. The Balaban J connectivity index is 1.47. The second kappa shape index (κ2) is 4.81. The van der Waals surface area contributed by atoms with Crippen LogP contribution in [0.5, 0.6) is 0 Å². The van der Waals surface area contributed by atoms with Gasteiger partial charge in [0.2, 0.25) is 0 Å². The van der Waals surface area contributed by atoms with E-state index in [9.17, 15) is 4.79 Å². The highest BCUT2D eigenvalue weighted by Gasteiger charge is 2.63. The van der Waals surface area contributed by atoms with Crippen molar-refractivity contribution in [2.75, 3.05) is 6.54 Å². The fraction of sp³-hybridized carbons (Fsp3) is 0.833. The number of nitrogens with zero attached hydrogens (tertiary/aromatic N) is 1. The van der Waals surface area contributed by atoms with Gasteiger partial charge in [0.1, 0.15) is 0 Å². The molecule has 2 aliphatic carbocycles. The SMILES string of the molecule is O=C1C=C2CC(NC3CCCC3)[C@@H]3C[C@@]2(O1)[C@H]1CCCCN31. The normalized spacial score (nSPS) is 44.6. The molecule has 1 unspecified atom stereocenters. The molecule has 2 bridgehead atoms. The number of nitrogens with one attached hydrogen (secondary N) is 1.